The first kappa shape index (κ1) is 85.3. The molecular weight excluding hydrogens is 1300 g/mol. The van der Waals surface area contributed by atoms with E-state index in [4.69, 9.17) is 47.4 Å². The summed E-state index contributed by atoms with van der Waals surface area (Å²) < 4.78 is 68.6. The quantitative estimate of drug-likeness (QED) is 0.0366. The second-order valence-electron chi connectivity index (χ2n) is 28.9. The van der Waals surface area contributed by atoms with Crippen LogP contribution in [-0.4, -0.2) is 107 Å². The van der Waals surface area contributed by atoms with Crippen LogP contribution in [-0.2, 0) is 82.3 Å². The van der Waals surface area contributed by atoms with E-state index in [9.17, 15) is 0 Å². The molecule has 0 saturated carbocycles. The lowest BCUT2D eigenvalue weighted by Crippen LogP contribution is -2.62. The lowest BCUT2D eigenvalue weighted by Gasteiger charge is -2.46. The van der Waals surface area contributed by atoms with Crippen molar-refractivity contribution < 1.29 is 52.2 Å². The molecule has 0 aliphatic carbocycles. The van der Waals surface area contributed by atoms with Gasteiger partial charge in [-0.1, -0.05) is 320 Å². The minimum Gasteiger partial charge on any atom is -0.497 e. The SMILES string of the molecule is CCCCCCCCCCCCCC[C@@H](OCc1ccc(OC)cc1)[C@@H](OCc1ccc(OC)cc1)[C@H](CO[C@H]1O[C@H](COCc2ccccc2)[C@H](OCc2ccccc2)[C@H](OCc2ccccc2)[C@H]1OCc1ccccc1)NC(=O)CCCCCCCCN(CCCCCCC)CCCCCCC. The Balaban J connectivity index is 1.19. The number of methoxy groups -OCH3 is 2. The first-order valence-electron chi connectivity index (χ1n) is 40.7. The fourth-order valence-corrected chi connectivity index (χ4v) is 14.0. The Morgan fingerprint density at radius 3 is 1.21 bits per heavy atom. The zero-order chi connectivity index (χ0) is 73.0. The molecule has 7 rings (SSSR count). The van der Waals surface area contributed by atoms with Gasteiger partial charge < -0.3 is 57.6 Å². The van der Waals surface area contributed by atoms with Crippen LogP contribution in [0.1, 0.15) is 247 Å². The third kappa shape index (κ3) is 35.2. The Labute approximate surface area is 628 Å². The summed E-state index contributed by atoms with van der Waals surface area (Å²) in [7, 11) is 3.37. The van der Waals surface area contributed by atoms with E-state index in [1.165, 1.54) is 154 Å². The number of hydrogen-bond acceptors (Lipinski definition) is 12. The second kappa shape index (κ2) is 54.6. The molecule has 8 atom stereocenters. The number of rotatable bonds is 61. The van der Waals surface area contributed by atoms with Crippen molar-refractivity contribution in [3.8, 4) is 11.5 Å². The highest BCUT2D eigenvalue weighted by Crippen LogP contribution is 2.33. The third-order valence-corrected chi connectivity index (χ3v) is 20.2. The lowest BCUT2D eigenvalue weighted by molar-refractivity contribution is -0.330. The first-order chi connectivity index (χ1) is 51.4. The van der Waals surface area contributed by atoms with Crippen molar-refractivity contribution in [2.24, 2.45) is 0 Å². The normalized spacial score (nSPS) is 16.9. The van der Waals surface area contributed by atoms with Crippen LogP contribution in [0, 0.1) is 0 Å². The molecule has 6 aromatic carbocycles. The Bertz CT molecular complexity index is 2990. The van der Waals surface area contributed by atoms with Gasteiger partial charge in [0, 0.05) is 6.42 Å². The van der Waals surface area contributed by atoms with Crippen LogP contribution in [0.5, 0.6) is 11.5 Å². The molecule has 1 amide bonds. The maximum absolute atomic E-state index is 15.1. The number of nitrogens with zero attached hydrogens (tertiary/aromatic N) is 1. The van der Waals surface area contributed by atoms with Gasteiger partial charge >= 0.3 is 0 Å². The summed E-state index contributed by atoms with van der Waals surface area (Å²) in [6, 6.07) is 56.1. The summed E-state index contributed by atoms with van der Waals surface area (Å²) in [5, 5.41) is 3.58. The highest BCUT2D eigenvalue weighted by atomic mass is 16.7. The van der Waals surface area contributed by atoms with Gasteiger partial charge in [-0.25, -0.2) is 0 Å². The maximum atomic E-state index is 15.1. The molecule has 574 valence electrons. The van der Waals surface area contributed by atoms with Gasteiger partial charge in [0.25, 0.3) is 0 Å². The largest absolute Gasteiger partial charge is 0.497 e. The molecule has 1 aliphatic rings. The maximum Gasteiger partial charge on any atom is 0.220 e. The average molecular weight is 1430 g/mol. The van der Waals surface area contributed by atoms with E-state index in [2.05, 4.69) is 91.7 Å². The molecule has 1 saturated heterocycles. The van der Waals surface area contributed by atoms with Crippen LogP contribution in [0.4, 0.5) is 0 Å². The van der Waals surface area contributed by atoms with Gasteiger partial charge in [0.1, 0.15) is 42.0 Å². The van der Waals surface area contributed by atoms with E-state index in [1.807, 2.05) is 109 Å². The van der Waals surface area contributed by atoms with Gasteiger partial charge in [-0.2, -0.15) is 0 Å². The van der Waals surface area contributed by atoms with E-state index in [-0.39, 0.29) is 38.9 Å². The molecule has 1 aliphatic heterocycles. The van der Waals surface area contributed by atoms with E-state index in [1.54, 1.807) is 14.2 Å². The fourth-order valence-electron chi connectivity index (χ4n) is 14.0. The van der Waals surface area contributed by atoms with Crippen molar-refractivity contribution in [3.05, 3.63) is 203 Å². The Morgan fingerprint density at radius 1 is 0.394 bits per heavy atom. The van der Waals surface area contributed by atoms with Crippen LogP contribution in [0.2, 0.25) is 0 Å². The van der Waals surface area contributed by atoms with Crippen LogP contribution in [0.3, 0.4) is 0 Å². The van der Waals surface area contributed by atoms with Gasteiger partial charge in [0.2, 0.25) is 5.91 Å². The zero-order valence-corrected chi connectivity index (χ0v) is 64.7. The summed E-state index contributed by atoms with van der Waals surface area (Å²) in [4.78, 5) is 17.8. The molecule has 0 radical (unpaired) electrons. The summed E-state index contributed by atoms with van der Waals surface area (Å²) in [5.74, 6) is 1.48. The van der Waals surface area contributed by atoms with E-state index in [0.29, 0.717) is 32.7 Å². The van der Waals surface area contributed by atoms with Gasteiger partial charge in [-0.05, 0) is 109 Å². The molecule has 13 heteroatoms. The molecule has 6 aromatic rings. The van der Waals surface area contributed by atoms with E-state index in [0.717, 1.165) is 89.8 Å². The van der Waals surface area contributed by atoms with Crippen molar-refractivity contribution >= 4 is 5.91 Å². The van der Waals surface area contributed by atoms with Crippen LogP contribution >= 0.6 is 0 Å². The van der Waals surface area contributed by atoms with Crippen LogP contribution in [0.15, 0.2) is 170 Å². The molecule has 0 aromatic heterocycles. The Kier molecular flexibility index (Phi) is 44.8. The average Bonchev–Trinajstić information content (AvgIpc) is 0.787. The summed E-state index contributed by atoms with van der Waals surface area (Å²) in [6.07, 6.45) is 30.3. The van der Waals surface area contributed by atoms with Crippen LogP contribution in [0.25, 0.3) is 0 Å². The molecule has 13 nitrogen and oxygen atoms in total. The third-order valence-electron chi connectivity index (χ3n) is 20.2. The minimum absolute atomic E-state index is 0.0112. The number of carbonyl (C=O) groups is 1. The molecular formula is C91H134N2O11. The van der Waals surface area contributed by atoms with Crippen molar-refractivity contribution in [3.63, 3.8) is 0 Å². The highest BCUT2D eigenvalue weighted by molar-refractivity contribution is 5.76. The Morgan fingerprint density at radius 2 is 0.769 bits per heavy atom. The van der Waals surface area contributed by atoms with Gasteiger partial charge in [0.15, 0.2) is 6.29 Å². The molecule has 1 heterocycles. The molecule has 1 N–H and O–H groups in total. The van der Waals surface area contributed by atoms with Gasteiger partial charge in [-0.15, -0.1) is 0 Å². The molecule has 0 bridgehead atoms. The fraction of sp³-hybridized carbons (Fsp3) is 0.593. The number of nitrogens with one attached hydrogen (secondary N) is 1. The number of unbranched alkanes of at least 4 members (excludes halogenated alkanes) is 24. The molecule has 0 unspecified atom stereocenters. The topological polar surface area (TPSA) is 125 Å². The predicted molar refractivity (Wildman–Crippen MR) is 423 cm³/mol. The minimum atomic E-state index is -1.04. The van der Waals surface area contributed by atoms with Crippen molar-refractivity contribution in [2.75, 3.05) is 47.1 Å². The van der Waals surface area contributed by atoms with Crippen molar-refractivity contribution in [1.82, 2.24) is 10.2 Å². The highest BCUT2D eigenvalue weighted by Gasteiger charge is 2.50. The number of ether oxygens (including phenoxy) is 10. The predicted octanol–water partition coefficient (Wildman–Crippen LogP) is 21.4. The monoisotopic (exact) mass is 1430 g/mol. The van der Waals surface area contributed by atoms with Crippen molar-refractivity contribution in [2.45, 2.75) is 302 Å². The molecule has 104 heavy (non-hydrogen) atoms. The van der Waals surface area contributed by atoms with Crippen molar-refractivity contribution in [1.29, 1.82) is 0 Å². The summed E-state index contributed by atoms with van der Waals surface area (Å²) in [5.41, 5.74) is 5.99. The lowest BCUT2D eigenvalue weighted by atomic mass is 9.97. The van der Waals surface area contributed by atoms with Gasteiger partial charge in [0.05, 0.1) is 79.2 Å². The first-order valence-corrected chi connectivity index (χ1v) is 40.7. The van der Waals surface area contributed by atoms with Gasteiger partial charge in [-0.3, -0.25) is 4.79 Å². The second-order valence-corrected chi connectivity index (χ2v) is 28.9. The molecule has 1 fully saturated rings. The smallest absolute Gasteiger partial charge is 0.220 e. The van der Waals surface area contributed by atoms with E-state index >= 15 is 4.79 Å². The number of amides is 1. The zero-order valence-electron chi connectivity index (χ0n) is 64.7. The number of carbonyl (C=O) groups excluding carboxylic acids is 1. The van der Waals surface area contributed by atoms with E-state index < -0.39 is 49.0 Å². The summed E-state index contributed by atoms with van der Waals surface area (Å²) >= 11 is 0. The standard InChI is InChI=1S/C91H134N2O11/c1-6-9-12-15-16-17-18-19-20-21-24-41-54-84(98-68-79-56-60-81(95-4)61-57-79)87(99-72-80-58-62-82(96-5)63-59-80)83(92-86(94)55-42-25-22-23-28-45-66-93(64-43-26-13-10-7-2)65-44-27-14-11-8-3)73-103-91-90(102-71-78-52-39-32-40-53-78)89(101-70-77-50-37-31-38-51-77)88(100-69-76-48-35-30-36-49-76)85(104-91)74-97-67-75-46-33-29-34-47-75/h29-40,46-53,56-63,83-85,87-91H,6-28,41-45,54-55,64-74H2,1-5H3,(H,92,94)/t83-,84+,85+,87-,88-,89-,90+,91-/m0/s1. The molecule has 0 spiro atoms. The van der Waals surface area contributed by atoms with Crippen LogP contribution < -0.4 is 14.8 Å². The summed E-state index contributed by atoms with van der Waals surface area (Å²) in [6.45, 7) is 12.4. The Hall–Kier alpha value is -5.97. The number of benzene rings is 6. The number of hydrogen-bond donors (Lipinski definition) is 1.